The second kappa shape index (κ2) is 30.3. The number of nitrogens with two attached hydrogens (primary N) is 3. The van der Waals surface area contributed by atoms with Crippen LogP contribution in [0.5, 0.6) is 0 Å². The van der Waals surface area contributed by atoms with Crippen molar-refractivity contribution < 1.29 is 38.4 Å². The number of para-hydroxylation sites is 1. The van der Waals surface area contributed by atoms with E-state index in [4.69, 9.17) is 17.2 Å². The van der Waals surface area contributed by atoms with Crippen LogP contribution >= 0.6 is 23.5 Å². The fraction of sp³-hybridized carbons (Fsp3) is 0.440. The molecule has 0 saturated carbocycles. The van der Waals surface area contributed by atoms with Gasteiger partial charge in [-0.1, -0.05) is 78.9 Å². The lowest BCUT2D eigenvalue weighted by Gasteiger charge is -2.28. The predicted octanol–water partition coefficient (Wildman–Crippen LogP) is 0.689. The normalized spacial score (nSPS) is 14.0. The van der Waals surface area contributed by atoms with Crippen molar-refractivity contribution in [3.63, 3.8) is 0 Å². The maximum absolute atomic E-state index is 14.8. The molecule has 0 aliphatic heterocycles. The van der Waals surface area contributed by atoms with Crippen molar-refractivity contribution in [1.29, 1.82) is 0 Å². The average Bonchev–Trinajstić information content (AvgIpc) is 3.78. The number of unbranched alkanes of at least 4 members (excludes halogenated alkanes) is 1. The quantitative estimate of drug-likeness (QED) is 0.0311. The highest BCUT2D eigenvalue weighted by molar-refractivity contribution is 7.98. The van der Waals surface area contributed by atoms with Gasteiger partial charge in [-0.25, -0.2) is 0 Å². The van der Waals surface area contributed by atoms with Crippen molar-refractivity contribution in [1.82, 2.24) is 42.2 Å². The summed E-state index contributed by atoms with van der Waals surface area (Å²) in [6.07, 6.45) is 7.26. The molecule has 1 heterocycles. The third-order valence-electron chi connectivity index (χ3n) is 11.6. The SMILES string of the molecule is CSCC[C@H](NC(=O)CN)C(=O)N[C@@H](C)C(=O)N[C@H](Cc1ccccc1)C(=O)N[C@H](Cc1ccccc1)C(=O)N[C@H](Cc1c[nH]c2ccccc12)C(=O)N[C@@H](CCSC)C(=O)N[C@H](CCCCN)C(N)=O. The van der Waals surface area contributed by atoms with Crippen LogP contribution in [0.3, 0.4) is 0 Å². The van der Waals surface area contributed by atoms with Crippen molar-refractivity contribution in [2.24, 2.45) is 17.2 Å². The topological polar surface area (TPSA) is 315 Å². The summed E-state index contributed by atoms with van der Waals surface area (Å²) < 4.78 is 0. The number of nitrogens with one attached hydrogen (secondary N) is 8. The zero-order valence-electron chi connectivity index (χ0n) is 40.5. The molecular weight excluding hydrogens is 947 g/mol. The molecule has 0 aliphatic carbocycles. The summed E-state index contributed by atoms with van der Waals surface area (Å²) in [6.45, 7) is 1.51. The number of carbonyl (C=O) groups is 8. The summed E-state index contributed by atoms with van der Waals surface area (Å²) in [5.74, 6) is -4.35. The number of hydrogen-bond donors (Lipinski definition) is 11. The maximum Gasteiger partial charge on any atom is 0.243 e. The first-order valence-corrected chi connectivity index (χ1v) is 26.4. The molecule has 3 aromatic carbocycles. The zero-order chi connectivity index (χ0) is 51.7. The minimum atomic E-state index is -1.31. The van der Waals surface area contributed by atoms with Crippen LogP contribution in [0.25, 0.3) is 10.9 Å². The van der Waals surface area contributed by atoms with Gasteiger partial charge in [0.15, 0.2) is 0 Å². The molecule has 8 amide bonds. The van der Waals surface area contributed by atoms with Crippen molar-refractivity contribution in [3.05, 3.63) is 108 Å². The number of rotatable bonds is 31. The Balaban J connectivity index is 1.65. The van der Waals surface area contributed by atoms with E-state index in [0.717, 1.165) is 10.9 Å². The number of fused-ring (bicyclic) bond motifs is 1. The lowest BCUT2D eigenvalue weighted by Crippen LogP contribution is -2.60. The van der Waals surface area contributed by atoms with Gasteiger partial charge in [-0.3, -0.25) is 38.4 Å². The van der Waals surface area contributed by atoms with Gasteiger partial charge in [-0.05, 0) is 92.3 Å². The minimum absolute atomic E-state index is 0.00359. The highest BCUT2D eigenvalue weighted by Gasteiger charge is 2.34. The van der Waals surface area contributed by atoms with Gasteiger partial charge in [0.1, 0.15) is 42.3 Å². The van der Waals surface area contributed by atoms with Crippen molar-refractivity contribution in [2.75, 3.05) is 37.1 Å². The molecule has 0 spiro atoms. The smallest absolute Gasteiger partial charge is 0.243 e. The van der Waals surface area contributed by atoms with Gasteiger partial charge in [-0.15, -0.1) is 0 Å². The second-order valence-electron chi connectivity index (χ2n) is 17.1. The van der Waals surface area contributed by atoms with Crippen molar-refractivity contribution in [3.8, 4) is 0 Å². The number of carbonyl (C=O) groups excluding carboxylic acids is 8. The van der Waals surface area contributed by atoms with Crippen molar-refractivity contribution in [2.45, 2.75) is 101 Å². The molecule has 19 nitrogen and oxygen atoms in total. The third kappa shape index (κ3) is 19.0. The minimum Gasteiger partial charge on any atom is -0.368 e. The summed E-state index contributed by atoms with van der Waals surface area (Å²) in [4.78, 5) is 113. The standard InChI is InChI=1S/C50H69N11O8S2/c1-31(55-46(65)38(21-24-70-2)56-43(62)29-52)45(64)59-40(26-32-14-6-4-7-15-32)48(67)60-41(27-33-16-8-5-9-17-33)49(68)61-42(28-34-30-54-36-19-11-10-18-35(34)36)50(69)58-39(22-25-71-3)47(66)57-37(44(53)63)20-12-13-23-51/h4-11,14-19,30-31,37-42,54H,12-13,20-29,51-52H2,1-3H3,(H2,53,63)(H,55,65)(H,56,62)(H,57,66)(H,58,69)(H,59,64)(H,60,67)(H,61,68)/t31-,37+,38-,39-,40+,41+,42+/m0/s1. The zero-order valence-corrected chi connectivity index (χ0v) is 42.1. The number of benzene rings is 3. The average molecular weight is 1020 g/mol. The van der Waals surface area contributed by atoms with Crippen LogP contribution in [0.2, 0.25) is 0 Å². The lowest BCUT2D eigenvalue weighted by molar-refractivity contribution is -0.135. The van der Waals surface area contributed by atoms with E-state index in [9.17, 15) is 38.4 Å². The molecule has 21 heteroatoms. The van der Waals surface area contributed by atoms with Gasteiger partial charge >= 0.3 is 0 Å². The van der Waals surface area contributed by atoms with Gasteiger partial charge in [0.05, 0.1) is 6.54 Å². The number of hydrogen-bond acceptors (Lipinski definition) is 12. The van der Waals surface area contributed by atoms with E-state index in [0.29, 0.717) is 47.6 Å². The van der Waals surface area contributed by atoms with Crippen LogP contribution in [-0.4, -0.2) is 132 Å². The van der Waals surface area contributed by atoms with Crippen LogP contribution < -0.4 is 54.4 Å². The number of aromatic nitrogens is 1. The highest BCUT2D eigenvalue weighted by Crippen LogP contribution is 2.20. The maximum atomic E-state index is 14.8. The molecule has 1 aromatic heterocycles. The van der Waals surface area contributed by atoms with Crippen molar-refractivity contribution >= 4 is 81.7 Å². The van der Waals surface area contributed by atoms with Gasteiger partial charge < -0.3 is 59.4 Å². The van der Waals surface area contributed by atoms with E-state index in [1.165, 1.54) is 30.4 Å². The van der Waals surface area contributed by atoms with Gasteiger partial charge in [0.2, 0.25) is 47.3 Å². The molecule has 0 unspecified atom stereocenters. The fourth-order valence-electron chi connectivity index (χ4n) is 7.65. The lowest BCUT2D eigenvalue weighted by atomic mass is 10.0. The molecule has 0 fully saturated rings. The molecule has 7 atom stereocenters. The summed E-state index contributed by atoms with van der Waals surface area (Å²) in [7, 11) is 0. The number of amides is 8. The first-order valence-electron chi connectivity index (χ1n) is 23.6. The predicted molar refractivity (Wildman–Crippen MR) is 279 cm³/mol. The van der Waals surface area contributed by atoms with E-state index in [-0.39, 0.29) is 45.1 Å². The Morgan fingerprint density at radius 3 is 1.49 bits per heavy atom. The van der Waals surface area contributed by atoms with E-state index in [1.807, 2.05) is 36.8 Å². The summed E-state index contributed by atoms with van der Waals surface area (Å²) in [6, 6.07) is 17.2. The van der Waals surface area contributed by atoms with Gasteiger partial charge in [0.25, 0.3) is 0 Å². The van der Waals surface area contributed by atoms with E-state index >= 15 is 0 Å². The van der Waals surface area contributed by atoms with E-state index in [1.54, 1.807) is 66.9 Å². The highest BCUT2D eigenvalue weighted by atomic mass is 32.2. The molecule has 71 heavy (non-hydrogen) atoms. The Bertz CT molecular complexity index is 2370. The molecule has 384 valence electrons. The number of aromatic amines is 1. The molecule has 0 radical (unpaired) electrons. The Morgan fingerprint density at radius 2 is 0.972 bits per heavy atom. The summed E-state index contributed by atoms with van der Waals surface area (Å²) >= 11 is 2.93. The summed E-state index contributed by atoms with van der Waals surface area (Å²) in [5.41, 5.74) is 19.6. The first kappa shape index (κ1) is 57.2. The molecule has 0 aliphatic rings. The first-order chi connectivity index (χ1) is 34.2. The Hall–Kier alpha value is -6.42. The largest absolute Gasteiger partial charge is 0.368 e. The van der Waals surface area contributed by atoms with Crippen LogP contribution in [0.1, 0.15) is 55.7 Å². The van der Waals surface area contributed by atoms with Crippen LogP contribution in [0, 0.1) is 0 Å². The number of thioether (sulfide) groups is 2. The Labute approximate surface area is 423 Å². The molecule has 0 saturated heterocycles. The van der Waals surface area contributed by atoms with Gasteiger partial charge in [-0.2, -0.15) is 23.5 Å². The molecule has 4 rings (SSSR count). The molecule has 14 N–H and O–H groups in total. The summed E-state index contributed by atoms with van der Waals surface area (Å²) in [5, 5.41) is 20.0. The third-order valence-corrected chi connectivity index (χ3v) is 12.9. The second-order valence-corrected chi connectivity index (χ2v) is 19.0. The molecule has 4 aromatic rings. The number of primary amides is 1. The van der Waals surface area contributed by atoms with Crippen LogP contribution in [-0.2, 0) is 57.6 Å². The fourth-order valence-corrected chi connectivity index (χ4v) is 8.60. The van der Waals surface area contributed by atoms with Crippen LogP contribution in [0.15, 0.2) is 91.1 Å². The monoisotopic (exact) mass is 1020 g/mol. The van der Waals surface area contributed by atoms with E-state index < -0.39 is 89.6 Å². The van der Waals surface area contributed by atoms with E-state index in [2.05, 4.69) is 42.2 Å². The Kier molecular flexibility index (Phi) is 24.4. The Morgan fingerprint density at radius 1 is 0.521 bits per heavy atom. The molecule has 0 bridgehead atoms. The van der Waals surface area contributed by atoms with Gasteiger partial charge in [0, 0.05) is 36.4 Å². The van der Waals surface area contributed by atoms with Crippen LogP contribution in [0.4, 0.5) is 0 Å². The number of H-pyrrole nitrogens is 1. The molecular formula is C50H69N11O8S2.